The van der Waals surface area contributed by atoms with E-state index < -0.39 is 0 Å². The summed E-state index contributed by atoms with van der Waals surface area (Å²) in [5, 5.41) is 0. The van der Waals surface area contributed by atoms with Crippen LogP contribution < -0.4 is 5.73 Å². The second kappa shape index (κ2) is 4.75. The maximum Gasteiger partial charge on any atom is 0.239 e. The molecule has 4 heteroatoms. The first-order valence-electron chi connectivity index (χ1n) is 5.23. The minimum absolute atomic E-state index is 0.0801. The van der Waals surface area contributed by atoms with Gasteiger partial charge in [-0.25, -0.2) is 0 Å². The Labute approximate surface area is 86.0 Å². The number of rotatable bonds is 2. The first kappa shape index (κ1) is 11.5. The smallest absolute Gasteiger partial charge is 0.239 e. The molecule has 4 nitrogen and oxygen atoms in total. The van der Waals surface area contributed by atoms with E-state index in [9.17, 15) is 4.79 Å². The minimum Gasteiger partial charge on any atom is -0.340 e. The van der Waals surface area contributed by atoms with Crippen LogP contribution in [0.15, 0.2) is 0 Å². The van der Waals surface area contributed by atoms with Crippen molar-refractivity contribution in [3.8, 4) is 0 Å². The largest absolute Gasteiger partial charge is 0.340 e. The van der Waals surface area contributed by atoms with Gasteiger partial charge in [0.1, 0.15) is 0 Å². The molecule has 2 atom stereocenters. The van der Waals surface area contributed by atoms with Crippen LogP contribution in [-0.4, -0.2) is 55.0 Å². The first-order valence-corrected chi connectivity index (χ1v) is 5.23. The summed E-state index contributed by atoms with van der Waals surface area (Å²) < 4.78 is 0. The number of hydrogen-bond acceptors (Lipinski definition) is 3. The third-order valence-electron chi connectivity index (χ3n) is 2.83. The molecule has 1 aliphatic rings. The van der Waals surface area contributed by atoms with Gasteiger partial charge in [0.15, 0.2) is 0 Å². The van der Waals surface area contributed by atoms with E-state index in [0.717, 1.165) is 19.5 Å². The molecule has 0 spiro atoms. The van der Waals surface area contributed by atoms with Gasteiger partial charge in [0.05, 0.1) is 6.04 Å². The Morgan fingerprint density at radius 3 is 2.71 bits per heavy atom. The van der Waals surface area contributed by atoms with Crippen LogP contribution in [0.1, 0.15) is 19.8 Å². The van der Waals surface area contributed by atoms with E-state index >= 15 is 0 Å². The number of likely N-dealkylation sites (tertiary alicyclic amines) is 1. The van der Waals surface area contributed by atoms with Crippen molar-refractivity contribution in [1.29, 1.82) is 0 Å². The van der Waals surface area contributed by atoms with Gasteiger partial charge in [0.2, 0.25) is 5.91 Å². The van der Waals surface area contributed by atoms with Gasteiger partial charge in [0.25, 0.3) is 0 Å². The van der Waals surface area contributed by atoms with Crippen LogP contribution in [0.2, 0.25) is 0 Å². The van der Waals surface area contributed by atoms with Gasteiger partial charge in [-0.3, -0.25) is 4.79 Å². The second-order valence-electron chi connectivity index (χ2n) is 4.33. The van der Waals surface area contributed by atoms with Crippen LogP contribution in [-0.2, 0) is 4.79 Å². The highest BCUT2D eigenvalue weighted by atomic mass is 16.2. The summed E-state index contributed by atoms with van der Waals surface area (Å²) in [6, 6.07) is 0.127. The lowest BCUT2D eigenvalue weighted by atomic mass is 10.0. The molecule has 82 valence electrons. The van der Waals surface area contributed by atoms with Crippen LogP contribution >= 0.6 is 0 Å². The Morgan fingerprint density at radius 2 is 2.21 bits per heavy atom. The second-order valence-corrected chi connectivity index (χ2v) is 4.33. The molecule has 2 N–H and O–H groups in total. The number of nitrogens with zero attached hydrogens (tertiary/aromatic N) is 2. The molecule has 0 aliphatic carbocycles. The fourth-order valence-corrected chi connectivity index (χ4v) is 1.86. The highest BCUT2D eigenvalue weighted by molar-refractivity contribution is 5.81. The van der Waals surface area contributed by atoms with Crippen molar-refractivity contribution < 1.29 is 4.79 Å². The molecule has 1 saturated heterocycles. The topological polar surface area (TPSA) is 49.6 Å². The van der Waals surface area contributed by atoms with Crippen molar-refractivity contribution in [2.45, 2.75) is 31.8 Å². The molecule has 1 aliphatic heterocycles. The van der Waals surface area contributed by atoms with E-state index in [4.69, 9.17) is 5.73 Å². The molecule has 1 heterocycles. The SMILES string of the molecule is CC(N)C(=O)N1CCCC(N(C)C)C1. The van der Waals surface area contributed by atoms with Crippen molar-refractivity contribution in [2.24, 2.45) is 5.73 Å². The van der Waals surface area contributed by atoms with E-state index in [1.54, 1.807) is 6.92 Å². The molecule has 0 bridgehead atoms. The molecule has 0 aromatic rings. The number of amides is 1. The predicted molar refractivity (Wildman–Crippen MR) is 56.9 cm³/mol. The monoisotopic (exact) mass is 199 g/mol. The number of hydrogen-bond donors (Lipinski definition) is 1. The van der Waals surface area contributed by atoms with Gasteiger partial charge in [0, 0.05) is 19.1 Å². The zero-order valence-electron chi connectivity index (χ0n) is 9.36. The van der Waals surface area contributed by atoms with Crippen molar-refractivity contribution in [3.63, 3.8) is 0 Å². The summed E-state index contributed by atoms with van der Waals surface area (Å²) in [4.78, 5) is 15.7. The fourth-order valence-electron chi connectivity index (χ4n) is 1.86. The Morgan fingerprint density at radius 1 is 1.57 bits per heavy atom. The molecule has 0 aromatic heterocycles. The third-order valence-corrected chi connectivity index (χ3v) is 2.83. The molecular formula is C10H21N3O. The Balaban J connectivity index is 2.51. The highest BCUT2D eigenvalue weighted by Gasteiger charge is 2.25. The maximum atomic E-state index is 11.6. The zero-order chi connectivity index (χ0) is 10.7. The maximum absolute atomic E-state index is 11.6. The Hall–Kier alpha value is -0.610. The number of likely N-dealkylation sites (N-methyl/N-ethyl adjacent to an activating group) is 1. The normalized spacial score (nSPS) is 25.2. The van der Waals surface area contributed by atoms with Crippen LogP contribution in [0.4, 0.5) is 0 Å². The molecule has 1 amide bonds. The standard InChI is InChI=1S/C10H21N3O/c1-8(11)10(14)13-6-4-5-9(7-13)12(2)3/h8-9H,4-7,11H2,1-3H3. The van der Waals surface area contributed by atoms with Gasteiger partial charge in [-0.05, 0) is 33.9 Å². The summed E-state index contributed by atoms with van der Waals surface area (Å²) in [6.07, 6.45) is 2.26. The summed E-state index contributed by atoms with van der Waals surface area (Å²) in [6.45, 7) is 3.44. The van der Waals surface area contributed by atoms with E-state index in [2.05, 4.69) is 19.0 Å². The summed E-state index contributed by atoms with van der Waals surface area (Å²) in [7, 11) is 4.12. The van der Waals surface area contributed by atoms with Gasteiger partial charge in [-0.1, -0.05) is 0 Å². The van der Waals surface area contributed by atoms with E-state index in [1.807, 2.05) is 4.90 Å². The van der Waals surface area contributed by atoms with E-state index in [-0.39, 0.29) is 11.9 Å². The molecule has 0 radical (unpaired) electrons. The van der Waals surface area contributed by atoms with E-state index in [0.29, 0.717) is 6.04 Å². The quantitative estimate of drug-likeness (QED) is 0.675. The van der Waals surface area contributed by atoms with Gasteiger partial charge >= 0.3 is 0 Å². The summed E-state index contributed by atoms with van der Waals surface area (Å²) in [5.41, 5.74) is 5.58. The molecule has 0 saturated carbocycles. The third kappa shape index (κ3) is 2.69. The molecule has 14 heavy (non-hydrogen) atoms. The van der Waals surface area contributed by atoms with Crippen LogP contribution in [0, 0.1) is 0 Å². The van der Waals surface area contributed by atoms with Crippen LogP contribution in [0.5, 0.6) is 0 Å². The first-order chi connectivity index (χ1) is 6.52. The van der Waals surface area contributed by atoms with Crippen molar-refractivity contribution >= 4 is 5.91 Å². The number of carbonyl (C=O) groups is 1. The number of carbonyl (C=O) groups excluding carboxylic acids is 1. The fraction of sp³-hybridized carbons (Fsp3) is 0.900. The lowest BCUT2D eigenvalue weighted by Gasteiger charge is -2.36. The minimum atomic E-state index is -0.365. The van der Waals surface area contributed by atoms with Gasteiger partial charge < -0.3 is 15.5 Å². The highest BCUT2D eigenvalue weighted by Crippen LogP contribution is 2.14. The molecule has 2 unspecified atom stereocenters. The van der Waals surface area contributed by atoms with Crippen molar-refractivity contribution in [2.75, 3.05) is 27.2 Å². The van der Waals surface area contributed by atoms with Crippen LogP contribution in [0.3, 0.4) is 0 Å². The molecule has 1 fully saturated rings. The summed E-state index contributed by atoms with van der Waals surface area (Å²) in [5.74, 6) is 0.0801. The molecular weight excluding hydrogens is 178 g/mol. The lowest BCUT2D eigenvalue weighted by molar-refractivity contribution is -0.134. The molecule has 0 aromatic carbocycles. The summed E-state index contributed by atoms with van der Waals surface area (Å²) >= 11 is 0. The number of nitrogens with two attached hydrogens (primary N) is 1. The van der Waals surface area contributed by atoms with Gasteiger partial charge in [-0.2, -0.15) is 0 Å². The van der Waals surface area contributed by atoms with Crippen molar-refractivity contribution in [3.05, 3.63) is 0 Å². The average Bonchev–Trinajstić information content (AvgIpc) is 2.16. The Kier molecular flexibility index (Phi) is 3.89. The molecule has 1 rings (SSSR count). The lowest BCUT2D eigenvalue weighted by Crippen LogP contribution is -2.51. The van der Waals surface area contributed by atoms with Crippen molar-refractivity contribution in [1.82, 2.24) is 9.80 Å². The average molecular weight is 199 g/mol. The van der Waals surface area contributed by atoms with E-state index in [1.165, 1.54) is 6.42 Å². The predicted octanol–water partition coefficient (Wildman–Crippen LogP) is -0.114. The van der Waals surface area contributed by atoms with Crippen LogP contribution in [0.25, 0.3) is 0 Å². The number of piperidine rings is 1. The Bertz CT molecular complexity index is 204. The zero-order valence-corrected chi connectivity index (χ0v) is 9.36. The van der Waals surface area contributed by atoms with Gasteiger partial charge in [-0.15, -0.1) is 0 Å².